The lowest BCUT2D eigenvalue weighted by molar-refractivity contribution is -0.138. The van der Waals surface area contributed by atoms with E-state index in [2.05, 4.69) is 4.74 Å². The molecule has 1 aromatic rings. The molecule has 0 aliphatic rings. The molecule has 0 aliphatic carbocycles. The summed E-state index contributed by atoms with van der Waals surface area (Å²) < 4.78 is 41.9. The molecule has 0 heterocycles. The maximum Gasteiger partial charge on any atom is 0.417 e. The van der Waals surface area contributed by atoms with Crippen LogP contribution in [0.2, 0.25) is 0 Å². The third-order valence-electron chi connectivity index (χ3n) is 2.00. The van der Waals surface area contributed by atoms with Crippen molar-refractivity contribution in [1.82, 2.24) is 0 Å². The number of halogens is 3. The van der Waals surface area contributed by atoms with Gasteiger partial charge in [-0.05, 0) is 18.2 Å². The summed E-state index contributed by atoms with van der Waals surface area (Å²) in [6, 6.07) is 4.65. The molecule has 0 aromatic heterocycles. The molecule has 0 atom stereocenters. The highest BCUT2D eigenvalue weighted by molar-refractivity contribution is 8.00. The van der Waals surface area contributed by atoms with E-state index in [4.69, 9.17) is 5.26 Å². The highest BCUT2D eigenvalue weighted by Crippen LogP contribution is 2.33. The number of carbonyl (C=O) groups excluding carboxylic acids is 1. The van der Waals surface area contributed by atoms with Crippen LogP contribution in [0.5, 0.6) is 0 Å². The molecule has 0 radical (unpaired) electrons. The van der Waals surface area contributed by atoms with Gasteiger partial charge < -0.3 is 4.74 Å². The van der Waals surface area contributed by atoms with Gasteiger partial charge in [0.2, 0.25) is 0 Å². The first-order valence-electron chi connectivity index (χ1n) is 4.69. The van der Waals surface area contributed by atoms with Crippen molar-refractivity contribution in [3.8, 4) is 6.07 Å². The summed E-state index contributed by atoms with van der Waals surface area (Å²) in [6.07, 6.45) is -4.56. The minimum Gasteiger partial charge on any atom is -0.468 e. The number of rotatable bonds is 3. The number of hydrogen-bond donors (Lipinski definition) is 0. The minimum absolute atomic E-state index is 0.0211. The maximum absolute atomic E-state index is 12.5. The van der Waals surface area contributed by atoms with Crippen molar-refractivity contribution in [2.75, 3.05) is 12.9 Å². The molecule has 3 nitrogen and oxygen atoms in total. The van der Waals surface area contributed by atoms with E-state index in [1.807, 2.05) is 0 Å². The Hall–Kier alpha value is -1.68. The second kappa shape index (κ2) is 5.78. The maximum atomic E-state index is 12.5. The molecule has 0 unspecified atom stereocenters. The zero-order chi connectivity index (χ0) is 13.8. The number of hydrogen-bond acceptors (Lipinski definition) is 4. The molecule has 1 rings (SSSR count). The highest BCUT2D eigenvalue weighted by atomic mass is 32.2. The Morgan fingerprint density at radius 2 is 2.17 bits per heavy atom. The number of benzene rings is 1. The van der Waals surface area contributed by atoms with Crippen molar-refractivity contribution < 1.29 is 22.7 Å². The molecular weight excluding hydrogens is 267 g/mol. The van der Waals surface area contributed by atoms with Gasteiger partial charge >= 0.3 is 12.1 Å². The van der Waals surface area contributed by atoms with Crippen molar-refractivity contribution in [3.63, 3.8) is 0 Å². The zero-order valence-electron chi connectivity index (χ0n) is 9.25. The monoisotopic (exact) mass is 275 g/mol. The molecule has 0 saturated heterocycles. The largest absolute Gasteiger partial charge is 0.468 e. The molecule has 18 heavy (non-hydrogen) atoms. The number of ether oxygens (including phenoxy) is 1. The van der Waals surface area contributed by atoms with Gasteiger partial charge in [0.1, 0.15) is 0 Å². The van der Waals surface area contributed by atoms with Crippen molar-refractivity contribution in [2.45, 2.75) is 11.1 Å². The fourth-order valence-electron chi connectivity index (χ4n) is 1.15. The lowest BCUT2D eigenvalue weighted by Gasteiger charge is -2.09. The van der Waals surface area contributed by atoms with Crippen molar-refractivity contribution in [3.05, 3.63) is 29.3 Å². The van der Waals surface area contributed by atoms with Gasteiger partial charge in [-0.3, -0.25) is 4.79 Å². The van der Waals surface area contributed by atoms with E-state index in [0.29, 0.717) is 4.90 Å². The number of nitriles is 1. The van der Waals surface area contributed by atoms with Crippen LogP contribution in [0, 0.1) is 11.3 Å². The van der Waals surface area contributed by atoms with Crippen LogP contribution in [0.15, 0.2) is 23.1 Å². The van der Waals surface area contributed by atoms with Crippen LogP contribution in [-0.2, 0) is 15.7 Å². The van der Waals surface area contributed by atoms with Gasteiger partial charge in [0.25, 0.3) is 0 Å². The predicted octanol–water partition coefficient (Wildman–Crippen LogP) is 2.84. The van der Waals surface area contributed by atoms with Crippen LogP contribution in [-0.4, -0.2) is 18.8 Å². The summed E-state index contributed by atoms with van der Waals surface area (Å²) in [7, 11) is 1.22. The van der Waals surface area contributed by atoms with Crippen LogP contribution in [0.25, 0.3) is 0 Å². The topological polar surface area (TPSA) is 50.1 Å². The standard InChI is InChI=1S/C11H8F3NO2S/c1-17-10(16)6-18-8-2-3-9(11(12,13)14)7(4-8)5-15/h2-4H,6H2,1H3. The normalized spacial score (nSPS) is 10.8. The van der Waals surface area contributed by atoms with Crippen molar-refractivity contribution in [1.29, 1.82) is 5.26 Å². The summed E-state index contributed by atoms with van der Waals surface area (Å²) in [6.45, 7) is 0. The summed E-state index contributed by atoms with van der Waals surface area (Å²) >= 11 is 1.01. The van der Waals surface area contributed by atoms with Gasteiger partial charge in [-0.2, -0.15) is 18.4 Å². The van der Waals surface area contributed by atoms with E-state index in [9.17, 15) is 18.0 Å². The van der Waals surface area contributed by atoms with Crippen molar-refractivity contribution >= 4 is 17.7 Å². The summed E-state index contributed by atoms with van der Waals surface area (Å²) in [5.41, 5.74) is -1.44. The molecule has 7 heteroatoms. The smallest absolute Gasteiger partial charge is 0.417 e. The van der Waals surface area contributed by atoms with Gasteiger partial charge in [-0.15, -0.1) is 11.8 Å². The first-order chi connectivity index (χ1) is 8.38. The van der Waals surface area contributed by atoms with E-state index in [-0.39, 0.29) is 5.75 Å². The number of thioether (sulfide) groups is 1. The third-order valence-corrected chi connectivity index (χ3v) is 2.97. The Labute approximate surface area is 106 Å². The summed E-state index contributed by atoms with van der Waals surface area (Å²) in [5, 5.41) is 8.68. The first-order valence-corrected chi connectivity index (χ1v) is 5.68. The Balaban J connectivity index is 2.93. The average Bonchev–Trinajstić information content (AvgIpc) is 2.34. The van der Waals surface area contributed by atoms with Crippen LogP contribution < -0.4 is 0 Å². The van der Waals surface area contributed by atoms with Gasteiger partial charge in [0.15, 0.2) is 0 Å². The van der Waals surface area contributed by atoms with Gasteiger partial charge in [0, 0.05) is 4.90 Å². The van der Waals surface area contributed by atoms with Crippen molar-refractivity contribution in [2.24, 2.45) is 0 Å². The third kappa shape index (κ3) is 3.67. The predicted molar refractivity (Wildman–Crippen MR) is 58.9 cm³/mol. The summed E-state index contributed by atoms with van der Waals surface area (Å²) in [4.78, 5) is 11.3. The van der Waals surface area contributed by atoms with Gasteiger partial charge in [0.05, 0.1) is 30.1 Å². The molecule has 0 saturated carbocycles. The van der Waals surface area contributed by atoms with Crippen LogP contribution in [0.4, 0.5) is 13.2 Å². The molecule has 0 spiro atoms. The minimum atomic E-state index is -4.56. The average molecular weight is 275 g/mol. The zero-order valence-corrected chi connectivity index (χ0v) is 10.1. The van der Waals surface area contributed by atoms with Gasteiger partial charge in [-0.25, -0.2) is 0 Å². The first kappa shape index (κ1) is 14.4. The molecule has 0 bridgehead atoms. The molecule has 0 fully saturated rings. The second-order valence-electron chi connectivity index (χ2n) is 3.18. The number of carbonyl (C=O) groups is 1. The Bertz CT molecular complexity index is 494. The number of alkyl halides is 3. The van der Waals surface area contributed by atoms with E-state index >= 15 is 0 Å². The molecule has 0 amide bonds. The fourth-order valence-corrected chi connectivity index (χ4v) is 1.92. The molecule has 0 aliphatic heterocycles. The SMILES string of the molecule is COC(=O)CSc1ccc(C(F)(F)F)c(C#N)c1. The van der Waals surface area contributed by atoms with E-state index in [1.165, 1.54) is 19.2 Å². The van der Waals surface area contributed by atoms with E-state index in [0.717, 1.165) is 23.9 Å². The number of methoxy groups -OCH3 is 1. The number of esters is 1. The lowest BCUT2D eigenvalue weighted by Crippen LogP contribution is -2.08. The van der Waals surface area contributed by atoms with Crippen LogP contribution in [0.3, 0.4) is 0 Å². The van der Waals surface area contributed by atoms with Crippen LogP contribution in [0.1, 0.15) is 11.1 Å². The van der Waals surface area contributed by atoms with E-state index in [1.54, 1.807) is 0 Å². The Kier molecular flexibility index (Phi) is 4.62. The number of nitrogens with zero attached hydrogens (tertiary/aromatic N) is 1. The Morgan fingerprint density at radius 1 is 1.50 bits per heavy atom. The molecular formula is C11H8F3NO2S. The van der Waals surface area contributed by atoms with Gasteiger partial charge in [-0.1, -0.05) is 0 Å². The highest BCUT2D eigenvalue weighted by Gasteiger charge is 2.33. The fraction of sp³-hybridized carbons (Fsp3) is 0.273. The van der Waals surface area contributed by atoms with Crippen LogP contribution >= 0.6 is 11.8 Å². The van der Waals surface area contributed by atoms with E-state index < -0.39 is 23.3 Å². The molecule has 0 N–H and O–H groups in total. The second-order valence-corrected chi connectivity index (χ2v) is 4.23. The lowest BCUT2D eigenvalue weighted by atomic mass is 10.1. The molecule has 96 valence electrons. The molecule has 1 aromatic carbocycles. The quantitative estimate of drug-likeness (QED) is 0.628. The Morgan fingerprint density at radius 3 is 2.67 bits per heavy atom. The summed E-state index contributed by atoms with van der Waals surface area (Å²) in [5.74, 6) is -0.509.